The first-order chi connectivity index (χ1) is 9.65. The Balaban J connectivity index is 1.73. The highest BCUT2D eigenvalue weighted by atomic mass is 32.1. The third-order valence-corrected chi connectivity index (χ3v) is 4.53. The van der Waals surface area contributed by atoms with Gasteiger partial charge in [-0.3, -0.25) is 9.58 Å². The SMILES string of the molecule is Cn1nc(CN2CCC(C(N)=S)CC2)c2ccccc21. The van der Waals surface area contributed by atoms with Crippen LogP contribution in [-0.2, 0) is 13.6 Å². The van der Waals surface area contributed by atoms with Crippen molar-refractivity contribution in [3.8, 4) is 0 Å². The molecule has 0 spiro atoms. The molecule has 1 saturated heterocycles. The number of nitrogens with two attached hydrogens (primary N) is 1. The minimum absolute atomic E-state index is 0.418. The molecule has 2 heterocycles. The van der Waals surface area contributed by atoms with E-state index in [1.54, 1.807) is 0 Å². The van der Waals surface area contributed by atoms with Crippen LogP contribution in [-0.4, -0.2) is 32.8 Å². The normalized spacial score (nSPS) is 17.6. The second-order valence-corrected chi connectivity index (χ2v) is 6.01. The van der Waals surface area contributed by atoms with Gasteiger partial charge in [-0.15, -0.1) is 0 Å². The number of aromatic nitrogens is 2. The van der Waals surface area contributed by atoms with Crippen LogP contribution < -0.4 is 5.73 Å². The minimum atomic E-state index is 0.418. The van der Waals surface area contributed by atoms with E-state index in [4.69, 9.17) is 18.0 Å². The Hall–Kier alpha value is -1.46. The summed E-state index contributed by atoms with van der Waals surface area (Å²) in [4.78, 5) is 3.12. The van der Waals surface area contributed by atoms with Crippen molar-refractivity contribution >= 4 is 28.1 Å². The van der Waals surface area contributed by atoms with Crippen LogP contribution in [0, 0.1) is 5.92 Å². The summed E-state index contributed by atoms with van der Waals surface area (Å²) in [6, 6.07) is 8.40. The Morgan fingerprint density at radius 2 is 2.05 bits per heavy atom. The van der Waals surface area contributed by atoms with Crippen LogP contribution in [0.2, 0.25) is 0 Å². The zero-order valence-corrected chi connectivity index (χ0v) is 12.6. The van der Waals surface area contributed by atoms with E-state index in [1.165, 1.54) is 10.9 Å². The van der Waals surface area contributed by atoms with Gasteiger partial charge in [-0.05, 0) is 32.0 Å². The summed E-state index contributed by atoms with van der Waals surface area (Å²) in [6.07, 6.45) is 2.14. The van der Waals surface area contributed by atoms with Gasteiger partial charge in [0.05, 0.1) is 16.2 Å². The Morgan fingerprint density at radius 1 is 1.35 bits per heavy atom. The van der Waals surface area contributed by atoms with Crippen molar-refractivity contribution in [1.29, 1.82) is 0 Å². The summed E-state index contributed by atoms with van der Waals surface area (Å²) in [5.74, 6) is 0.418. The fraction of sp³-hybridized carbons (Fsp3) is 0.467. The number of rotatable bonds is 3. The average molecular weight is 288 g/mol. The van der Waals surface area contributed by atoms with E-state index in [-0.39, 0.29) is 0 Å². The number of likely N-dealkylation sites (tertiary alicyclic amines) is 1. The van der Waals surface area contributed by atoms with Gasteiger partial charge in [0.25, 0.3) is 0 Å². The van der Waals surface area contributed by atoms with Gasteiger partial charge in [0.2, 0.25) is 0 Å². The maximum Gasteiger partial charge on any atom is 0.0843 e. The van der Waals surface area contributed by atoms with Gasteiger partial charge < -0.3 is 5.73 Å². The summed E-state index contributed by atoms with van der Waals surface area (Å²) in [5, 5.41) is 5.92. The summed E-state index contributed by atoms with van der Waals surface area (Å²) in [6.45, 7) is 3.01. The number of hydrogen-bond acceptors (Lipinski definition) is 3. The number of hydrogen-bond donors (Lipinski definition) is 1. The molecule has 0 bridgehead atoms. The minimum Gasteiger partial charge on any atom is -0.393 e. The lowest BCUT2D eigenvalue weighted by Gasteiger charge is -2.30. The van der Waals surface area contributed by atoms with E-state index in [2.05, 4.69) is 34.3 Å². The summed E-state index contributed by atoms with van der Waals surface area (Å²) < 4.78 is 1.96. The first-order valence-electron chi connectivity index (χ1n) is 7.07. The highest BCUT2D eigenvalue weighted by Crippen LogP contribution is 2.22. The van der Waals surface area contributed by atoms with E-state index >= 15 is 0 Å². The molecule has 2 N–H and O–H groups in total. The molecule has 3 rings (SSSR count). The van der Waals surface area contributed by atoms with Crippen molar-refractivity contribution in [3.63, 3.8) is 0 Å². The molecule has 2 aromatic rings. The molecule has 0 amide bonds. The highest BCUT2D eigenvalue weighted by molar-refractivity contribution is 7.80. The van der Waals surface area contributed by atoms with Crippen LogP contribution in [0.3, 0.4) is 0 Å². The highest BCUT2D eigenvalue weighted by Gasteiger charge is 2.22. The molecule has 0 atom stereocenters. The molecule has 4 nitrogen and oxygen atoms in total. The Kier molecular flexibility index (Phi) is 3.72. The molecular weight excluding hydrogens is 268 g/mol. The van der Waals surface area contributed by atoms with Crippen molar-refractivity contribution < 1.29 is 0 Å². The zero-order valence-electron chi connectivity index (χ0n) is 11.7. The number of fused-ring (bicyclic) bond motifs is 1. The van der Waals surface area contributed by atoms with Crippen LogP contribution in [0.5, 0.6) is 0 Å². The van der Waals surface area contributed by atoms with Gasteiger partial charge in [0.15, 0.2) is 0 Å². The maximum atomic E-state index is 5.74. The Morgan fingerprint density at radius 3 is 2.75 bits per heavy atom. The molecule has 0 aliphatic carbocycles. The number of aryl methyl sites for hydroxylation is 1. The fourth-order valence-corrected chi connectivity index (χ4v) is 3.23. The maximum absolute atomic E-state index is 5.74. The van der Waals surface area contributed by atoms with Gasteiger partial charge in [-0.1, -0.05) is 30.4 Å². The van der Waals surface area contributed by atoms with Crippen LogP contribution in [0.4, 0.5) is 0 Å². The molecule has 106 valence electrons. The number of thiocarbonyl (C=S) groups is 1. The first kappa shape index (κ1) is 13.5. The molecule has 1 fully saturated rings. The van der Waals surface area contributed by atoms with Gasteiger partial charge in [-0.2, -0.15) is 5.10 Å². The first-order valence-corrected chi connectivity index (χ1v) is 7.48. The van der Waals surface area contributed by atoms with Crippen molar-refractivity contribution in [2.24, 2.45) is 18.7 Å². The summed E-state index contributed by atoms with van der Waals surface area (Å²) in [5.41, 5.74) is 8.10. The van der Waals surface area contributed by atoms with E-state index in [0.29, 0.717) is 10.9 Å². The van der Waals surface area contributed by atoms with Crippen molar-refractivity contribution in [2.45, 2.75) is 19.4 Å². The molecule has 20 heavy (non-hydrogen) atoms. The molecule has 0 saturated carbocycles. The molecule has 1 aromatic heterocycles. The third-order valence-electron chi connectivity index (χ3n) is 4.20. The van der Waals surface area contributed by atoms with Crippen molar-refractivity contribution in [1.82, 2.24) is 14.7 Å². The van der Waals surface area contributed by atoms with Gasteiger partial charge >= 0.3 is 0 Å². The van der Waals surface area contributed by atoms with Gasteiger partial charge in [0, 0.05) is 24.9 Å². The molecular formula is C15H20N4S. The topological polar surface area (TPSA) is 47.1 Å². The molecule has 0 radical (unpaired) electrons. The quantitative estimate of drug-likeness (QED) is 0.878. The predicted molar refractivity (Wildman–Crippen MR) is 85.5 cm³/mol. The van der Waals surface area contributed by atoms with Crippen LogP contribution >= 0.6 is 12.2 Å². The lowest BCUT2D eigenvalue weighted by Crippen LogP contribution is -2.37. The number of benzene rings is 1. The number of piperidine rings is 1. The Bertz CT molecular complexity index is 626. The molecule has 1 aliphatic heterocycles. The molecule has 1 aliphatic rings. The van der Waals surface area contributed by atoms with Gasteiger partial charge in [-0.25, -0.2) is 0 Å². The van der Waals surface area contributed by atoms with Crippen molar-refractivity contribution in [3.05, 3.63) is 30.0 Å². The number of para-hydroxylation sites is 1. The van der Waals surface area contributed by atoms with Gasteiger partial charge in [0.1, 0.15) is 0 Å². The predicted octanol–water partition coefficient (Wildman–Crippen LogP) is 2.07. The lowest BCUT2D eigenvalue weighted by atomic mass is 9.97. The Labute approximate surface area is 124 Å². The van der Waals surface area contributed by atoms with Crippen LogP contribution in [0.15, 0.2) is 24.3 Å². The summed E-state index contributed by atoms with van der Waals surface area (Å²) in [7, 11) is 2.00. The van der Waals surface area contributed by atoms with E-state index in [1.807, 2.05) is 11.7 Å². The second kappa shape index (κ2) is 5.50. The number of nitrogens with zero attached hydrogens (tertiary/aromatic N) is 3. The van der Waals surface area contributed by atoms with E-state index in [9.17, 15) is 0 Å². The zero-order chi connectivity index (χ0) is 14.1. The molecule has 1 aromatic carbocycles. The van der Waals surface area contributed by atoms with Crippen LogP contribution in [0.25, 0.3) is 10.9 Å². The van der Waals surface area contributed by atoms with E-state index < -0.39 is 0 Å². The smallest absolute Gasteiger partial charge is 0.0843 e. The summed E-state index contributed by atoms with van der Waals surface area (Å²) >= 11 is 5.09. The standard InChI is InChI=1S/C15H20N4S/c1-18-14-5-3-2-4-12(14)13(17-18)10-19-8-6-11(7-9-19)15(16)20/h2-5,11H,6-10H2,1H3,(H2,16,20). The van der Waals surface area contributed by atoms with Crippen LogP contribution in [0.1, 0.15) is 18.5 Å². The molecule has 0 unspecified atom stereocenters. The fourth-order valence-electron chi connectivity index (χ4n) is 2.99. The third kappa shape index (κ3) is 2.55. The average Bonchev–Trinajstić information content (AvgIpc) is 2.77. The second-order valence-electron chi connectivity index (χ2n) is 5.54. The van der Waals surface area contributed by atoms with Crippen molar-refractivity contribution in [2.75, 3.05) is 13.1 Å². The molecule has 5 heteroatoms. The lowest BCUT2D eigenvalue weighted by molar-refractivity contribution is 0.200. The van der Waals surface area contributed by atoms with E-state index in [0.717, 1.165) is 38.2 Å². The monoisotopic (exact) mass is 288 g/mol. The largest absolute Gasteiger partial charge is 0.393 e.